The normalized spacial score (nSPS) is 22.3. The highest BCUT2D eigenvalue weighted by Crippen LogP contribution is 2.32. The first-order valence-electron chi connectivity index (χ1n) is 7.31. The largest absolute Gasteiger partial charge is 0.523 e. The second-order valence-corrected chi connectivity index (χ2v) is 6.16. The van der Waals surface area contributed by atoms with Gasteiger partial charge in [0, 0.05) is 10.9 Å². The van der Waals surface area contributed by atoms with Crippen molar-refractivity contribution in [2.75, 3.05) is 0 Å². The summed E-state index contributed by atoms with van der Waals surface area (Å²) in [6.45, 7) is 1.53. The van der Waals surface area contributed by atoms with E-state index in [1.165, 1.54) is 31.2 Å². The van der Waals surface area contributed by atoms with Gasteiger partial charge in [-0.05, 0) is 17.7 Å². The first kappa shape index (κ1) is 17.9. The number of hydrogen-bond donors (Lipinski definition) is 2. The van der Waals surface area contributed by atoms with Gasteiger partial charge in [0.2, 0.25) is 0 Å². The molecule has 1 aliphatic rings. The van der Waals surface area contributed by atoms with Gasteiger partial charge in [0.05, 0.1) is 11.6 Å². The van der Waals surface area contributed by atoms with Crippen LogP contribution in [0.15, 0.2) is 35.9 Å². The van der Waals surface area contributed by atoms with Gasteiger partial charge in [-0.15, -0.1) is 13.2 Å². The second-order valence-electron chi connectivity index (χ2n) is 5.72. The third-order valence-electron chi connectivity index (χ3n) is 3.82. The minimum Gasteiger partial charge on any atom is -0.380 e. The monoisotopic (exact) mass is 376 g/mol. The fourth-order valence-corrected chi connectivity index (χ4v) is 2.87. The molecule has 3 atom stereocenters. The highest BCUT2D eigenvalue weighted by molar-refractivity contribution is 6.31. The maximum atomic E-state index is 13.8. The van der Waals surface area contributed by atoms with Crippen LogP contribution < -0.4 is 0 Å². The van der Waals surface area contributed by atoms with Gasteiger partial charge in [-0.2, -0.15) is 0 Å². The Balaban J connectivity index is 1.84. The number of imidazole rings is 1. The molecule has 0 amide bonds. The van der Waals surface area contributed by atoms with E-state index in [-0.39, 0.29) is 16.4 Å². The lowest BCUT2D eigenvalue weighted by atomic mass is 9.92. The van der Waals surface area contributed by atoms with Crippen LogP contribution in [0.4, 0.5) is 17.6 Å². The Morgan fingerprint density at radius 1 is 1.36 bits per heavy atom. The number of benzene rings is 1. The molecular formula is C16H13ClF4N2O2. The van der Waals surface area contributed by atoms with Crippen LogP contribution in [0.25, 0.3) is 11.0 Å². The standard InChI is InChI=1S/C16H13ClF4N2O2/c1-7-4-8(2-3-12(7)25-16(19,20)21)14(24)15-22-11-6-9(17)5-10(18)13(11)23-15/h2-7,12,14,24H,1H3,(H,22,23). The molecule has 0 saturated heterocycles. The van der Waals surface area contributed by atoms with Crippen LogP contribution in [0, 0.1) is 11.7 Å². The number of aliphatic hydroxyl groups is 1. The number of hydrogen-bond acceptors (Lipinski definition) is 3. The molecule has 0 radical (unpaired) electrons. The predicted molar refractivity (Wildman–Crippen MR) is 83.3 cm³/mol. The lowest BCUT2D eigenvalue weighted by molar-refractivity contribution is -0.339. The number of fused-ring (bicyclic) bond motifs is 1. The molecule has 1 heterocycles. The molecule has 0 aliphatic heterocycles. The molecule has 9 heteroatoms. The van der Waals surface area contributed by atoms with Crippen molar-refractivity contribution in [3.63, 3.8) is 0 Å². The van der Waals surface area contributed by atoms with E-state index in [0.29, 0.717) is 11.1 Å². The number of H-pyrrole nitrogens is 1. The number of aromatic nitrogens is 2. The number of aliphatic hydroxyl groups excluding tert-OH is 1. The van der Waals surface area contributed by atoms with Gasteiger partial charge in [0.15, 0.2) is 5.82 Å². The van der Waals surface area contributed by atoms with Gasteiger partial charge in [0.1, 0.15) is 17.4 Å². The molecule has 3 unspecified atom stereocenters. The van der Waals surface area contributed by atoms with Crippen LogP contribution >= 0.6 is 11.6 Å². The van der Waals surface area contributed by atoms with Crippen LogP contribution in [0.3, 0.4) is 0 Å². The van der Waals surface area contributed by atoms with E-state index in [0.717, 1.165) is 6.07 Å². The SMILES string of the molecule is CC1C=C(C(O)c2nc3c(F)cc(Cl)cc3[nH]2)C=CC1OC(F)(F)F. The Labute approximate surface area is 144 Å². The zero-order chi connectivity index (χ0) is 18.4. The Hall–Kier alpha value is -1.90. The number of aromatic amines is 1. The van der Waals surface area contributed by atoms with Gasteiger partial charge in [0.25, 0.3) is 0 Å². The molecule has 1 aromatic carbocycles. The van der Waals surface area contributed by atoms with Gasteiger partial charge >= 0.3 is 6.36 Å². The third kappa shape index (κ3) is 3.86. The van der Waals surface area contributed by atoms with Gasteiger partial charge < -0.3 is 10.1 Å². The maximum Gasteiger partial charge on any atom is 0.523 e. The van der Waals surface area contributed by atoms with Crippen molar-refractivity contribution < 1.29 is 27.4 Å². The Bertz CT molecular complexity index is 860. The molecule has 1 aliphatic carbocycles. The summed E-state index contributed by atoms with van der Waals surface area (Å²) >= 11 is 5.77. The van der Waals surface area contributed by atoms with E-state index in [1.54, 1.807) is 0 Å². The number of halogens is 5. The molecular weight excluding hydrogens is 364 g/mol. The van der Waals surface area contributed by atoms with Gasteiger partial charge in [-0.3, -0.25) is 4.74 Å². The fraction of sp³-hybridized carbons (Fsp3) is 0.312. The summed E-state index contributed by atoms with van der Waals surface area (Å²) < 4.78 is 54.8. The zero-order valence-electron chi connectivity index (χ0n) is 12.8. The van der Waals surface area contributed by atoms with Crippen molar-refractivity contribution >= 4 is 22.6 Å². The predicted octanol–water partition coefficient (Wildman–Crippen LogP) is 4.43. The molecule has 4 nitrogen and oxygen atoms in total. The summed E-state index contributed by atoms with van der Waals surface area (Å²) in [5.41, 5.74) is 0.663. The van der Waals surface area contributed by atoms with E-state index in [2.05, 4.69) is 14.7 Å². The number of alkyl halides is 3. The molecule has 1 aromatic heterocycles. The first-order valence-corrected chi connectivity index (χ1v) is 7.69. The average molecular weight is 377 g/mol. The Kier molecular flexibility index (Phi) is 4.61. The highest BCUT2D eigenvalue weighted by atomic mass is 35.5. The summed E-state index contributed by atoms with van der Waals surface area (Å²) in [4.78, 5) is 6.77. The van der Waals surface area contributed by atoms with Crippen molar-refractivity contribution in [1.29, 1.82) is 0 Å². The van der Waals surface area contributed by atoms with Gasteiger partial charge in [-0.25, -0.2) is 9.37 Å². The molecule has 0 bridgehead atoms. The first-order chi connectivity index (χ1) is 11.6. The topological polar surface area (TPSA) is 58.1 Å². The van der Waals surface area contributed by atoms with Crippen molar-refractivity contribution in [2.24, 2.45) is 5.92 Å². The zero-order valence-corrected chi connectivity index (χ0v) is 13.6. The van der Waals surface area contributed by atoms with Crippen LogP contribution in [-0.2, 0) is 4.74 Å². The molecule has 25 heavy (non-hydrogen) atoms. The molecule has 3 rings (SSSR count). The number of ether oxygens (including phenoxy) is 1. The minimum atomic E-state index is -4.75. The number of nitrogens with zero attached hydrogens (tertiary/aromatic N) is 1. The van der Waals surface area contributed by atoms with Crippen molar-refractivity contribution in [2.45, 2.75) is 25.5 Å². The lowest BCUT2D eigenvalue weighted by Gasteiger charge is -2.25. The summed E-state index contributed by atoms with van der Waals surface area (Å²) in [6, 6.07) is 2.56. The average Bonchev–Trinajstić information content (AvgIpc) is 2.91. The second kappa shape index (κ2) is 6.44. The minimum absolute atomic E-state index is 0.0187. The molecule has 0 fully saturated rings. The number of nitrogens with one attached hydrogen (secondary N) is 1. The van der Waals surface area contributed by atoms with Crippen LogP contribution in [-0.4, -0.2) is 27.5 Å². The van der Waals surface area contributed by atoms with Crippen molar-refractivity contribution in [1.82, 2.24) is 9.97 Å². The summed E-state index contributed by atoms with van der Waals surface area (Å²) in [5.74, 6) is -1.20. The Morgan fingerprint density at radius 2 is 2.08 bits per heavy atom. The van der Waals surface area contributed by atoms with E-state index >= 15 is 0 Å². The summed E-state index contributed by atoms with van der Waals surface area (Å²) in [7, 11) is 0. The molecule has 0 spiro atoms. The molecule has 2 aromatic rings. The lowest BCUT2D eigenvalue weighted by Crippen LogP contribution is -2.28. The van der Waals surface area contributed by atoms with Crippen molar-refractivity contribution in [3.05, 3.63) is 52.6 Å². The van der Waals surface area contributed by atoms with E-state index in [1.807, 2.05) is 0 Å². The van der Waals surface area contributed by atoms with Crippen molar-refractivity contribution in [3.8, 4) is 0 Å². The van der Waals surface area contributed by atoms with E-state index < -0.39 is 30.3 Å². The van der Waals surface area contributed by atoms with Crippen LogP contribution in [0.2, 0.25) is 5.02 Å². The van der Waals surface area contributed by atoms with Crippen LogP contribution in [0.1, 0.15) is 18.9 Å². The third-order valence-corrected chi connectivity index (χ3v) is 4.04. The van der Waals surface area contributed by atoms with E-state index in [9.17, 15) is 22.7 Å². The smallest absolute Gasteiger partial charge is 0.380 e. The molecule has 2 N–H and O–H groups in total. The van der Waals surface area contributed by atoms with Crippen LogP contribution in [0.5, 0.6) is 0 Å². The highest BCUT2D eigenvalue weighted by Gasteiger charge is 2.35. The molecule has 134 valence electrons. The summed E-state index contributed by atoms with van der Waals surface area (Å²) in [6.07, 6.45) is -3.17. The van der Waals surface area contributed by atoms with Gasteiger partial charge in [-0.1, -0.05) is 36.8 Å². The fourth-order valence-electron chi connectivity index (χ4n) is 2.67. The van der Waals surface area contributed by atoms with E-state index in [4.69, 9.17) is 11.6 Å². The number of rotatable bonds is 3. The quantitative estimate of drug-likeness (QED) is 0.779. The molecule has 0 saturated carbocycles. The Morgan fingerprint density at radius 3 is 2.72 bits per heavy atom. The summed E-state index contributed by atoms with van der Waals surface area (Å²) in [5, 5.41) is 10.6. The maximum absolute atomic E-state index is 13.8.